The summed E-state index contributed by atoms with van der Waals surface area (Å²) in [5.41, 5.74) is 0.841. The lowest BCUT2D eigenvalue weighted by Gasteiger charge is -2.06. The van der Waals surface area contributed by atoms with Gasteiger partial charge in [-0.1, -0.05) is 18.2 Å². The molecule has 0 fully saturated rings. The number of rotatable bonds is 8. The normalized spacial score (nSPS) is 10.6. The van der Waals surface area contributed by atoms with Gasteiger partial charge in [-0.05, 0) is 55.5 Å². The van der Waals surface area contributed by atoms with Crippen LogP contribution in [-0.2, 0) is 20.9 Å². The Hall–Kier alpha value is -4.84. The van der Waals surface area contributed by atoms with Gasteiger partial charge < -0.3 is 25.1 Å². The van der Waals surface area contributed by atoms with Gasteiger partial charge in [0.25, 0.3) is 5.91 Å². The Balaban J connectivity index is 1.55. The number of nitrogens with one attached hydrogen (secondary N) is 3. The monoisotopic (exact) mass is 458 g/mol. The molecule has 0 saturated carbocycles. The van der Waals surface area contributed by atoms with E-state index in [0.717, 1.165) is 0 Å². The second kappa shape index (κ2) is 11.7. The highest BCUT2D eigenvalue weighted by Gasteiger charge is 2.15. The van der Waals surface area contributed by atoms with Crippen LogP contribution in [0.3, 0.4) is 0 Å². The lowest BCUT2D eigenvalue weighted by Crippen LogP contribution is -2.34. The van der Waals surface area contributed by atoms with Crippen molar-refractivity contribution in [3.63, 3.8) is 0 Å². The summed E-state index contributed by atoms with van der Waals surface area (Å²) in [5.74, 6) is -0.979. The maximum atomic E-state index is 12.4. The highest BCUT2D eigenvalue weighted by atomic mass is 16.5. The van der Waals surface area contributed by atoms with E-state index in [-0.39, 0.29) is 17.9 Å². The molecule has 0 radical (unpaired) electrons. The Morgan fingerprint density at radius 2 is 1.59 bits per heavy atom. The highest BCUT2D eigenvalue weighted by molar-refractivity contribution is 6.39. The molecule has 9 heteroatoms. The van der Waals surface area contributed by atoms with E-state index in [1.807, 2.05) is 13.0 Å². The standard InChI is InChI=1S/C25H22N4O5/c1-2-33-20-10-8-19(9-11-20)28-23(30)17(15-26)14-21-12-13-22(34-21)16-27-24(31)25(32)29-18-6-4-3-5-7-18/h3-14H,2,16H2,1H3,(H,27,31)(H,28,30)(H,29,32)/b17-14-. The number of furan rings is 1. The predicted molar refractivity (Wildman–Crippen MR) is 125 cm³/mol. The number of para-hydroxylation sites is 1. The second-order valence-electron chi connectivity index (χ2n) is 6.89. The van der Waals surface area contributed by atoms with Crippen LogP contribution >= 0.6 is 0 Å². The van der Waals surface area contributed by atoms with Crippen LogP contribution < -0.4 is 20.7 Å². The van der Waals surface area contributed by atoms with Crippen molar-refractivity contribution in [2.45, 2.75) is 13.5 Å². The van der Waals surface area contributed by atoms with Gasteiger partial charge in [0.15, 0.2) is 0 Å². The van der Waals surface area contributed by atoms with Gasteiger partial charge in [0.05, 0.1) is 13.2 Å². The largest absolute Gasteiger partial charge is 0.494 e. The average molecular weight is 458 g/mol. The fourth-order valence-corrected chi connectivity index (χ4v) is 2.81. The first-order valence-electron chi connectivity index (χ1n) is 10.4. The van der Waals surface area contributed by atoms with Crippen molar-refractivity contribution in [2.24, 2.45) is 0 Å². The summed E-state index contributed by atoms with van der Waals surface area (Å²) in [7, 11) is 0. The predicted octanol–water partition coefficient (Wildman–Crippen LogP) is 3.48. The van der Waals surface area contributed by atoms with Gasteiger partial charge in [0, 0.05) is 17.5 Å². The van der Waals surface area contributed by atoms with Crippen LogP contribution in [0.4, 0.5) is 11.4 Å². The Kier molecular flexibility index (Phi) is 8.19. The number of nitriles is 1. The van der Waals surface area contributed by atoms with Crippen LogP contribution in [0.1, 0.15) is 18.4 Å². The third kappa shape index (κ3) is 6.83. The van der Waals surface area contributed by atoms with Gasteiger partial charge in [0.1, 0.15) is 28.9 Å². The van der Waals surface area contributed by atoms with Crippen molar-refractivity contribution in [1.82, 2.24) is 5.32 Å². The SMILES string of the molecule is CCOc1ccc(NC(=O)/C(C#N)=C\c2ccc(CNC(=O)C(=O)Nc3ccccc3)o2)cc1. The molecule has 0 aliphatic carbocycles. The van der Waals surface area contributed by atoms with Gasteiger partial charge in [-0.2, -0.15) is 5.26 Å². The molecule has 9 nitrogen and oxygen atoms in total. The summed E-state index contributed by atoms with van der Waals surface area (Å²) >= 11 is 0. The Bertz CT molecular complexity index is 1220. The Morgan fingerprint density at radius 3 is 2.26 bits per heavy atom. The summed E-state index contributed by atoms with van der Waals surface area (Å²) in [6, 6.07) is 20.3. The van der Waals surface area contributed by atoms with Gasteiger partial charge in [-0.15, -0.1) is 0 Å². The lowest BCUT2D eigenvalue weighted by molar-refractivity contribution is -0.136. The van der Waals surface area contributed by atoms with Crippen molar-refractivity contribution in [3.8, 4) is 11.8 Å². The van der Waals surface area contributed by atoms with E-state index in [2.05, 4.69) is 16.0 Å². The molecule has 0 bridgehead atoms. The van der Waals surface area contributed by atoms with Crippen molar-refractivity contribution in [2.75, 3.05) is 17.2 Å². The third-order valence-corrected chi connectivity index (χ3v) is 4.42. The van der Waals surface area contributed by atoms with Crippen molar-refractivity contribution in [1.29, 1.82) is 5.26 Å². The molecule has 172 valence electrons. The number of carbonyl (C=O) groups excluding carboxylic acids is 3. The molecule has 2 aromatic carbocycles. The number of anilines is 2. The number of benzene rings is 2. The molecule has 3 rings (SSSR count). The van der Waals surface area contributed by atoms with E-state index in [1.54, 1.807) is 66.7 Å². The van der Waals surface area contributed by atoms with Crippen LogP contribution in [0.2, 0.25) is 0 Å². The summed E-state index contributed by atoms with van der Waals surface area (Å²) < 4.78 is 10.9. The Morgan fingerprint density at radius 1 is 0.912 bits per heavy atom. The van der Waals surface area contributed by atoms with E-state index in [0.29, 0.717) is 29.5 Å². The molecule has 1 aromatic heterocycles. The molecule has 3 amide bonds. The topological polar surface area (TPSA) is 133 Å². The van der Waals surface area contributed by atoms with Crippen molar-refractivity contribution < 1.29 is 23.5 Å². The first kappa shape index (κ1) is 23.8. The first-order chi connectivity index (χ1) is 16.5. The lowest BCUT2D eigenvalue weighted by atomic mass is 10.2. The number of amides is 3. The summed E-state index contributed by atoms with van der Waals surface area (Å²) in [6.07, 6.45) is 1.29. The van der Waals surface area contributed by atoms with Gasteiger partial charge in [-0.25, -0.2) is 0 Å². The van der Waals surface area contributed by atoms with Crippen LogP contribution in [0.15, 0.2) is 76.7 Å². The summed E-state index contributed by atoms with van der Waals surface area (Å²) in [5, 5.41) is 16.9. The molecule has 0 aliphatic rings. The fraction of sp³-hybridized carbons (Fsp3) is 0.120. The average Bonchev–Trinajstić information content (AvgIpc) is 3.30. The summed E-state index contributed by atoms with van der Waals surface area (Å²) in [6.45, 7) is 2.36. The minimum Gasteiger partial charge on any atom is -0.494 e. The minimum absolute atomic E-state index is 0.0465. The smallest absolute Gasteiger partial charge is 0.313 e. The molecule has 0 atom stereocenters. The zero-order chi connectivity index (χ0) is 24.3. The van der Waals surface area contributed by atoms with Crippen LogP contribution in [0.25, 0.3) is 6.08 Å². The zero-order valence-electron chi connectivity index (χ0n) is 18.3. The molecule has 34 heavy (non-hydrogen) atoms. The van der Waals surface area contributed by atoms with Crippen molar-refractivity contribution >= 4 is 35.2 Å². The maximum absolute atomic E-state index is 12.4. The fourth-order valence-electron chi connectivity index (χ4n) is 2.81. The maximum Gasteiger partial charge on any atom is 0.313 e. The molecular weight excluding hydrogens is 436 g/mol. The van der Waals surface area contributed by atoms with Gasteiger partial charge >= 0.3 is 11.8 Å². The molecule has 0 unspecified atom stereocenters. The van der Waals surface area contributed by atoms with Crippen LogP contribution in [0, 0.1) is 11.3 Å². The minimum atomic E-state index is -0.829. The first-order valence-corrected chi connectivity index (χ1v) is 10.4. The van der Waals surface area contributed by atoms with E-state index in [4.69, 9.17) is 9.15 Å². The summed E-state index contributed by atoms with van der Waals surface area (Å²) in [4.78, 5) is 36.4. The van der Waals surface area contributed by atoms with E-state index < -0.39 is 17.7 Å². The Labute approximate surface area is 196 Å². The van der Waals surface area contributed by atoms with E-state index in [9.17, 15) is 19.6 Å². The third-order valence-electron chi connectivity index (χ3n) is 4.42. The molecule has 1 heterocycles. The molecule has 3 N–H and O–H groups in total. The van der Waals surface area contributed by atoms with Crippen LogP contribution in [0.5, 0.6) is 5.75 Å². The van der Waals surface area contributed by atoms with Gasteiger partial charge in [0.2, 0.25) is 0 Å². The van der Waals surface area contributed by atoms with Crippen molar-refractivity contribution in [3.05, 3.63) is 83.8 Å². The highest BCUT2D eigenvalue weighted by Crippen LogP contribution is 2.17. The second-order valence-corrected chi connectivity index (χ2v) is 6.89. The molecule has 0 spiro atoms. The van der Waals surface area contributed by atoms with E-state index in [1.165, 1.54) is 6.08 Å². The number of hydrogen-bond donors (Lipinski definition) is 3. The number of ether oxygens (including phenoxy) is 1. The number of hydrogen-bond acceptors (Lipinski definition) is 6. The zero-order valence-corrected chi connectivity index (χ0v) is 18.3. The van der Waals surface area contributed by atoms with E-state index >= 15 is 0 Å². The number of nitrogens with zero attached hydrogens (tertiary/aromatic N) is 1. The molecule has 0 saturated heterocycles. The molecule has 3 aromatic rings. The quantitative estimate of drug-likeness (QED) is 0.269. The number of carbonyl (C=O) groups is 3. The molecule has 0 aliphatic heterocycles. The molecular formula is C25H22N4O5. The van der Waals surface area contributed by atoms with Crippen LogP contribution in [-0.4, -0.2) is 24.3 Å². The van der Waals surface area contributed by atoms with Gasteiger partial charge in [-0.3, -0.25) is 14.4 Å².